The third-order valence-corrected chi connectivity index (χ3v) is 7.65. The molecule has 2 heterocycles. The molecule has 0 saturated carbocycles. The van der Waals surface area contributed by atoms with E-state index in [-0.39, 0.29) is 19.6 Å². The Hall–Kier alpha value is -3.11. The van der Waals surface area contributed by atoms with Gasteiger partial charge in [-0.1, -0.05) is 48.5 Å². The summed E-state index contributed by atoms with van der Waals surface area (Å²) >= 11 is 0. The van der Waals surface area contributed by atoms with Gasteiger partial charge in [-0.05, 0) is 49.1 Å². The first-order chi connectivity index (χ1) is 16.5. The van der Waals surface area contributed by atoms with E-state index < -0.39 is 21.6 Å². The number of sulfonamides is 1. The van der Waals surface area contributed by atoms with Crippen LogP contribution in [0.4, 0.5) is 24.5 Å². The van der Waals surface area contributed by atoms with E-state index in [9.17, 15) is 21.6 Å². The van der Waals surface area contributed by atoms with Gasteiger partial charge in [0.25, 0.3) is 0 Å². The first-order valence-electron chi connectivity index (χ1n) is 11.2. The van der Waals surface area contributed by atoms with Gasteiger partial charge in [0.1, 0.15) is 0 Å². The fourth-order valence-corrected chi connectivity index (χ4v) is 5.47. The van der Waals surface area contributed by atoms with Crippen LogP contribution in [0.25, 0.3) is 0 Å². The molecule has 0 fully saturated rings. The van der Waals surface area contributed by atoms with Crippen molar-refractivity contribution in [3.8, 4) is 0 Å². The van der Waals surface area contributed by atoms with Crippen molar-refractivity contribution in [3.63, 3.8) is 0 Å². The molecule has 1 aromatic heterocycles. The molecule has 0 saturated heterocycles. The lowest BCUT2D eigenvalue weighted by Gasteiger charge is -2.34. The van der Waals surface area contributed by atoms with Gasteiger partial charge < -0.3 is 10.6 Å². The molecule has 35 heavy (non-hydrogen) atoms. The number of aromatic nitrogens is 1. The van der Waals surface area contributed by atoms with Gasteiger partial charge in [-0.15, -0.1) is 0 Å². The summed E-state index contributed by atoms with van der Waals surface area (Å²) in [5.74, 6) is 0. The summed E-state index contributed by atoms with van der Waals surface area (Å²) in [5.41, 5.74) is 4.77. The predicted octanol–water partition coefficient (Wildman–Crippen LogP) is 4.65. The van der Waals surface area contributed by atoms with Gasteiger partial charge in [0.15, 0.2) is 0 Å². The van der Waals surface area contributed by atoms with Crippen LogP contribution in [0.1, 0.15) is 28.9 Å². The highest BCUT2D eigenvalue weighted by Crippen LogP contribution is 2.35. The Morgan fingerprint density at radius 1 is 1.06 bits per heavy atom. The lowest BCUT2D eigenvalue weighted by atomic mass is 10.0. The lowest BCUT2D eigenvalue weighted by molar-refractivity contribution is -0.0492. The molecule has 1 atom stereocenters. The Labute approximate surface area is 203 Å². The van der Waals surface area contributed by atoms with E-state index in [4.69, 9.17) is 5.73 Å². The van der Waals surface area contributed by atoms with Crippen molar-refractivity contribution in [2.24, 2.45) is 0 Å². The fourth-order valence-electron chi connectivity index (χ4n) is 4.50. The number of pyridine rings is 1. The number of nitrogens with zero attached hydrogens (tertiary/aromatic N) is 3. The van der Waals surface area contributed by atoms with E-state index in [1.54, 1.807) is 30.3 Å². The summed E-state index contributed by atoms with van der Waals surface area (Å²) in [7, 11) is -5.52. The van der Waals surface area contributed by atoms with E-state index in [1.807, 2.05) is 48.2 Å². The molecule has 1 unspecified atom stereocenters. The van der Waals surface area contributed by atoms with Crippen LogP contribution in [0.3, 0.4) is 0 Å². The number of aryl methyl sites for hydroxylation is 2. The smallest absolute Gasteiger partial charge is 0.399 e. The Bertz CT molecular complexity index is 1260. The SMILES string of the molecule is Cc1cc(N)cc(CN2c3ccccc3CN(S(=O)(=O)C(F)(F)F)CC2CCc2ccccc2)n1. The minimum atomic E-state index is -5.52. The van der Waals surface area contributed by atoms with Gasteiger partial charge in [-0.2, -0.15) is 17.5 Å². The lowest BCUT2D eigenvalue weighted by Crippen LogP contribution is -2.47. The standard InChI is InChI=1S/C25H27F3N4O2S/c1-18-13-21(29)14-22(30-18)16-32-23(12-11-19-7-3-2-4-8-19)17-31(35(33,34)25(26,27)28)15-20-9-5-6-10-24(20)32/h2-10,13-14,23H,11-12,15-17H2,1H3,(H2,29,30). The van der Waals surface area contributed by atoms with E-state index in [1.165, 1.54) is 0 Å². The molecule has 0 radical (unpaired) electrons. The summed E-state index contributed by atoms with van der Waals surface area (Å²) in [6.07, 6.45) is 1.02. The summed E-state index contributed by atoms with van der Waals surface area (Å²) in [5, 5.41) is 0. The van der Waals surface area contributed by atoms with Crippen molar-refractivity contribution >= 4 is 21.4 Å². The third-order valence-electron chi connectivity index (χ3n) is 6.11. The second-order valence-electron chi connectivity index (χ2n) is 8.71. The average Bonchev–Trinajstić information content (AvgIpc) is 2.94. The molecular formula is C25H27F3N4O2S. The van der Waals surface area contributed by atoms with E-state index in [0.29, 0.717) is 39.8 Å². The molecule has 4 rings (SSSR count). The normalized spacial score (nSPS) is 17.1. The molecule has 2 N–H and O–H groups in total. The zero-order chi connectivity index (χ0) is 25.2. The summed E-state index contributed by atoms with van der Waals surface area (Å²) in [4.78, 5) is 6.52. The maximum atomic E-state index is 13.6. The molecule has 2 aromatic carbocycles. The van der Waals surface area contributed by atoms with Crippen LogP contribution in [0.2, 0.25) is 0 Å². The zero-order valence-corrected chi connectivity index (χ0v) is 20.1. The maximum Gasteiger partial charge on any atom is 0.511 e. The Balaban J connectivity index is 1.77. The molecular weight excluding hydrogens is 477 g/mol. The van der Waals surface area contributed by atoms with Gasteiger partial charge in [0.2, 0.25) is 0 Å². The molecule has 1 aliphatic rings. The monoisotopic (exact) mass is 504 g/mol. The number of alkyl halides is 3. The van der Waals surface area contributed by atoms with Gasteiger partial charge >= 0.3 is 15.5 Å². The predicted molar refractivity (Wildman–Crippen MR) is 130 cm³/mol. The number of hydrogen-bond acceptors (Lipinski definition) is 5. The van der Waals surface area contributed by atoms with Crippen LogP contribution < -0.4 is 10.6 Å². The van der Waals surface area contributed by atoms with Crippen molar-refractivity contribution in [3.05, 3.63) is 89.2 Å². The van der Waals surface area contributed by atoms with Crippen molar-refractivity contribution < 1.29 is 21.6 Å². The summed E-state index contributed by atoms with van der Waals surface area (Å²) in [6.45, 7) is 1.44. The van der Waals surface area contributed by atoms with Gasteiger partial charge in [0.05, 0.1) is 12.2 Å². The molecule has 3 aromatic rings. The zero-order valence-electron chi connectivity index (χ0n) is 19.2. The quantitative estimate of drug-likeness (QED) is 0.529. The number of nitrogen functional groups attached to an aromatic ring is 1. The Morgan fingerprint density at radius 3 is 2.43 bits per heavy atom. The average molecular weight is 505 g/mol. The first kappa shape index (κ1) is 25.0. The Kier molecular flexibility index (Phi) is 7.05. The van der Waals surface area contributed by atoms with Gasteiger partial charge in [-0.25, -0.2) is 8.42 Å². The van der Waals surface area contributed by atoms with E-state index in [0.717, 1.165) is 11.3 Å². The van der Waals surface area contributed by atoms with Crippen LogP contribution in [-0.2, 0) is 29.5 Å². The van der Waals surface area contributed by atoms with E-state index >= 15 is 0 Å². The fraction of sp³-hybridized carbons (Fsp3) is 0.320. The van der Waals surface area contributed by atoms with Crippen molar-refractivity contribution in [2.45, 2.75) is 44.4 Å². The van der Waals surface area contributed by atoms with Gasteiger partial charge in [-0.3, -0.25) is 4.98 Å². The van der Waals surface area contributed by atoms with Crippen LogP contribution >= 0.6 is 0 Å². The number of rotatable bonds is 6. The molecule has 6 nitrogen and oxygen atoms in total. The van der Waals surface area contributed by atoms with Crippen LogP contribution in [-0.4, -0.2) is 35.8 Å². The van der Waals surface area contributed by atoms with Crippen LogP contribution in [0, 0.1) is 6.92 Å². The molecule has 186 valence electrons. The highest BCUT2D eigenvalue weighted by Gasteiger charge is 2.51. The third kappa shape index (κ3) is 5.59. The number of nitrogens with two attached hydrogens (primary N) is 1. The number of para-hydroxylation sites is 1. The number of halogens is 3. The largest absolute Gasteiger partial charge is 0.511 e. The molecule has 0 spiro atoms. The molecule has 1 aliphatic heterocycles. The minimum absolute atomic E-state index is 0.280. The molecule has 0 amide bonds. The Morgan fingerprint density at radius 2 is 1.74 bits per heavy atom. The van der Waals surface area contributed by atoms with E-state index in [2.05, 4.69) is 4.98 Å². The second kappa shape index (κ2) is 9.87. The number of fused-ring (bicyclic) bond motifs is 1. The molecule has 10 heteroatoms. The topological polar surface area (TPSA) is 79.5 Å². The molecule has 0 aliphatic carbocycles. The minimum Gasteiger partial charge on any atom is -0.399 e. The van der Waals surface area contributed by atoms with Crippen LogP contribution in [0.15, 0.2) is 66.7 Å². The van der Waals surface area contributed by atoms with Crippen molar-refractivity contribution in [1.29, 1.82) is 0 Å². The maximum absolute atomic E-state index is 13.6. The second-order valence-corrected chi connectivity index (χ2v) is 10.6. The summed E-state index contributed by atoms with van der Waals surface area (Å²) < 4.78 is 66.3. The van der Waals surface area contributed by atoms with Crippen molar-refractivity contribution in [2.75, 3.05) is 17.2 Å². The van der Waals surface area contributed by atoms with Crippen LogP contribution in [0.5, 0.6) is 0 Å². The highest BCUT2D eigenvalue weighted by molar-refractivity contribution is 7.89. The number of benzene rings is 2. The summed E-state index contributed by atoms with van der Waals surface area (Å²) in [6, 6.07) is 19.5. The number of anilines is 2. The highest BCUT2D eigenvalue weighted by atomic mass is 32.2. The molecule has 0 bridgehead atoms. The number of hydrogen-bond donors (Lipinski definition) is 1. The van der Waals surface area contributed by atoms with Crippen molar-refractivity contribution in [1.82, 2.24) is 9.29 Å². The first-order valence-corrected chi connectivity index (χ1v) is 12.7. The van der Waals surface area contributed by atoms with Gasteiger partial charge in [0, 0.05) is 36.2 Å².